The molecule has 2 aromatic rings. The summed E-state index contributed by atoms with van der Waals surface area (Å²) in [5.74, 6) is 0.829. The highest BCUT2D eigenvalue weighted by molar-refractivity contribution is 5.96. The normalized spacial score (nSPS) is 11.6. The molecule has 5 nitrogen and oxygen atoms in total. The van der Waals surface area contributed by atoms with Gasteiger partial charge in [0.2, 0.25) is 0 Å². The van der Waals surface area contributed by atoms with E-state index in [0.29, 0.717) is 43.6 Å². The summed E-state index contributed by atoms with van der Waals surface area (Å²) in [5.41, 5.74) is 9.01. The molecule has 0 aromatic heterocycles. The molecule has 0 aliphatic heterocycles. The number of halogens is 1. The van der Waals surface area contributed by atoms with E-state index in [-0.39, 0.29) is 24.4 Å². The fraction of sp³-hybridized carbons (Fsp3) is 0.409. The first-order valence-electron chi connectivity index (χ1n) is 9.46. The lowest BCUT2D eigenvalue weighted by Gasteiger charge is -2.16. The van der Waals surface area contributed by atoms with Crippen LogP contribution >= 0.6 is 12.4 Å². The lowest BCUT2D eigenvalue weighted by molar-refractivity contribution is 0.0934. The van der Waals surface area contributed by atoms with Crippen molar-refractivity contribution >= 4 is 18.3 Å². The third kappa shape index (κ3) is 7.15. The van der Waals surface area contributed by atoms with Gasteiger partial charge in [-0.05, 0) is 36.1 Å². The van der Waals surface area contributed by atoms with Gasteiger partial charge in [-0.25, -0.2) is 0 Å². The van der Waals surface area contributed by atoms with Gasteiger partial charge in [0.15, 0.2) is 0 Å². The van der Waals surface area contributed by atoms with Crippen LogP contribution in [0, 0.1) is 0 Å². The zero-order valence-electron chi connectivity index (χ0n) is 16.8. The summed E-state index contributed by atoms with van der Waals surface area (Å²) in [5, 5.41) is 2.90. The standard InChI is InChI=1S/C22H30N2O3.ClH/c1-4-26-13-14-27-21-8-6-5-7-19(21)22(25)24-15-20(23)18-11-9-17(10-12-18)16(2)3;/h5-12,16,20H,4,13-15,23H2,1-3H3,(H,24,25);1H. The van der Waals surface area contributed by atoms with E-state index in [9.17, 15) is 4.79 Å². The summed E-state index contributed by atoms with van der Waals surface area (Å²) in [6, 6.07) is 15.1. The number of hydrogen-bond donors (Lipinski definition) is 2. The van der Waals surface area contributed by atoms with Crippen molar-refractivity contribution in [2.45, 2.75) is 32.7 Å². The Morgan fingerprint density at radius 1 is 1.04 bits per heavy atom. The monoisotopic (exact) mass is 406 g/mol. The van der Waals surface area contributed by atoms with E-state index < -0.39 is 0 Å². The molecule has 3 N–H and O–H groups in total. The Labute approximate surface area is 174 Å². The van der Waals surface area contributed by atoms with Crippen LogP contribution in [0.15, 0.2) is 48.5 Å². The Kier molecular flexibility index (Phi) is 10.6. The zero-order chi connectivity index (χ0) is 19.6. The zero-order valence-corrected chi connectivity index (χ0v) is 17.6. The number of para-hydroxylation sites is 1. The Morgan fingerprint density at radius 3 is 2.32 bits per heavy atom. The fourth-order valence-electron chi connectivity index (χ4n) is 2.68. The van der Waals surface area contributed by atoms with Gasteiger partial charge in [-0.2, -0.15) is 0 Å². The Morgan fingerprint density at radius 2 is 1.68 bits per heavy atom. The molecule has 2 rings (SSSR count). The van der Waals surface area contributed by atoms with Gasteiger partial charge in [0, 0.05) is 19.2 Å². The molecular formula is C22H31ClN2O3. The van der Waals surface area contributed by atoms with Crippen molar-refractivity contribution in [3.63, 3.8) is 0 Å². The van der Waals surface area contributed by atoms with Crippen molar-refractivity contribution in [2.75, 3.05) is 26.4 Å². The second kappa shape index (κ2) is 12.4. The molecule has 0 spiro atoms. The van der Waals surface area contributed by atoms with Crippen molar-refractivity contribution in [1.29, 1.82) is 0 Å². The highest BCUT2D eigenvalue weighted by atomic mass is 35.5. The summed E-state index contributed by atoms with van der Waals surface area (Å²) in [6.07, 6.45) is 0. The topological polar surface area (TPSA) is 73.6 Å². The lowest BCUT2D eigenvalue weighted by Crippen LogP contribution is -2.32. The summed E-state index contributed by atoms with van der Waals surface area (Å²) in [7, 11) is 0. The highest BCUT2D eigenvalue weighted by Gasteiger charge is 2.14. The van der Waals surface area contributed by atoms with Crippen molar-refractivity contribution in [3.05, 3.63) is 65.2 Å². The number of benzene rings is 2. The molecule has 0 heterocycles. The van der Waals surface area contributed by atoms with E-state index >= 15 is 0 Å². The number of ether oxygens (including phenoxy) is 2. The summed E-state index contributed by atoms with van der Waals surface area (Å²) >= 11 is 0. The molecule has 1 amide bonds. The number of hydrogen-bond acceptors (Lipinski definition) is 4. The van der Waals surface area contributed by atoms with Crippen molar-refractivity contribution in [1.82, 2.24) is 5.32 Å². The molecule has 0 bridgehead atoms. The maximum absolute atomic E-state index is 12.6. The van der Waals surface area contributed by atoms with Crippen molar-refractivity contribution < 1.29 is 14.3 Å². The summed E-state index contributed by atoms with van der Waals surface area (Å²) < 4.78 is 10.9. The quantitative estimate of drug-likeness (QED) is 0.583. The van der Waals surface area contributed by atoms with Crippen molar-refractivity contribution in [2.24, 2.45) is 5.73 Å². The van der Waals surface area contributed by atoms with Crippen LogP contribution in [-0.4, -0.2) is 32.3 Å². The molecule has 154 valence electrons. The minimum absolute atomic E-state index is 0. The first-order chi connectivity index (χ1) is 13.0. The van der Waals surface area contributed by atoms with Crippen LogP contribution in [0.3, 0.4) is 0 Å². The predicted molar refractivity (Wildman–Crippen MR) is 115 cm³/mol. The molecule has 2 aromatic carbocycles. The Hall–Kier alpha value is -2.08. The first-order valence-corrected chi connectivity index (χ1v) is 9.46. The minimum Gasteiger partial charge on any atom is -0.490 e. The van der Waals surface area contributed by atoms with Crippen LogP contribution in [0.4, 0.5) is 0 Å². The minimum atomic E-state index is -0.263. The van der Waals surface area contributed by atoms with Crippen LogP contribution in [0.1, 0.15) is 54.2 Å². The van der Waals surface area contributed by atoms with Gasteiger partial charge < -0.3 is 20.5 Å². The fourth-order valence-corrected chi connectivity index (χ4v) is 2.68. The molecular weight excluding hydrogens is 376 g/mol. The molecule has 0 fully saturated rings. The molecule has 6 heteroatoms. The Bertz CT molecular complexity index is 720. The third-order valence-corrected chi connectivity index (χ3v) is 4.33. The summed E-state index contributed by atoms with van der Waals surface area (Å²) in [4.78, 5) is 12.6. The van der Waals surface area contributed by atoms with E-state index in [4.69, 9.17) is 15.2 Å². The van der Waals surface area contributed by atoms with Gasteiger partial charge in [-0.15, -0.1) is 12.4 Å². The molecule has 0 saturated carbocycles. The number of nitrogens with two attached hydrogens (primary N) is 1. The smallest absolute Gasteiger partial charge is 0.255 e. The lowest BCUT2D eigenvalue weighted by atomic mass is 9.99. The van der Waals surface area contributed by atoms with E-state index in [2.05, 4.69) is 31.3 Å². The molecule has 28 heavy (non-hydrogen) atoms. The van der Waals surface area contributed by atoms with Crippen LogP contribution in [0.5, 0.6) is 5.75 Å². The predicted octanol–water partition coefficient (Wildman–Crippen LogP) is 4.08. The maximum atomic E-state index is 12.6. The Balaban J connectivity index is 0.00000392. The van der Waals surface area contributed by atoms with Crippen LogP contribution in [0.25, 0.3) is 0 Å². The first kappa shape index (κ1) is 24.0. The molecule has 0 aliphatic carbocycles. The summed E-state index contributed by atoms with van der Waals surface area (Å²) in [6.45, 7) is 8.13. The van der Waals surface area contributed by atoms with Crippen LogP contribution in [-0.2, 0) is 4.74 Å². The number of nitrogens with one attached hydrogen (secondary N) is 1. The van der Waals surface area contributed by atoms with E-state index in [1.54, 1.807) is 12.1 Å². The third-order valence-electron chi connectivity index (χ3n) is 4.33. The average molecular weight is 407 g/mol. The van der Waals surface area contributed by atoms with E-state index in [0.717, 1.165) is 5.56 Å². The van der Waals surface area contributed by atoms with Crippen LogP contribution in [0.2, 0.25) is 0 Å². The van der Waals surface area contributed by atoms with Gasteiger partial charge in [0.25, 0.3) is 5.91 Å². The van der Waals surface area contributed by atoms with Gasteiger partial charge in [0.1, 0.15) is 12.4 Å². The number of carbonyl (C=O) groups is 1. The largest absolute Gasteiger partial charge is 0.490 e. The van der Waals surface area contributed by atoms with Gasteiger partial charge in [0.05, 0.1) is 12.2 Å². The molecule has 1 unspecified atom stereocenters. The van der Waals surface area contributed by atoms with Gasteiger partial charge in [-0.3, -0.25) is 4.79 Å². The molecule has 1 atom stereocenters. The molecule has 0 aliphatic rings. The average Bonchev–Trinajstić information content (AvgIpc) is 2.69. The molecule has 0 radical (unpaired) electrons. The van der Waals surface area contributed by atoms with E-state index in [1.165, 1.54) is 5.56 Å². The second-order valence-corrected chi connectivity index (χ2v) is 6.68. The SMILES string of the molecule is CCOCCOc1ccccc1C(=O)NCC(N)c1ccc(C(C)C)cc1.Cl. The van der Waals surface area contributed by atoms with Crippen LogP contribution < -0.4 is 15.8 Å². The van der Waals surface area contributed by atoms with E-state index in [1.807, 2.05) is 31.2 Å². The van der Waals surface area contributed by atoms with Crippen molar-refractivity contribution in [3.8, 4) is 5.75 Å². The maximum Gasteiger partial charge on any atom is 0.255 e. The number of amides is 1. The van der Waals surface area contributed by atoms with Gasteiger partial charge >= 0.3 is 0 Å². The highest BCUT2D eigenvalue weighted by Crippen LogP contribution is 2.19. The number of rotatable bonds is 10. The molecule has 0 saturated heterocycles. The van der Waals surface area contributed by atoms with Gasteiger partial charge in [-0.1, -0.05) is 50.2 Å². The number of carbonyl (C=O) groups excluding carboxylic acids is 1. The second-order valence-electron chi connectivity index (χ2n) is 6.68.